The second-order valence-electron chi connectivity index (χ2n) is 8.19. The van der Waals surface area contributed by atoms with Gasteiger partial charge in [-0.25, -0.2) is 15.0 Å². The molecular weight excluding hydrogens is 454 g/mol. The highest BCUT2D eigenvalue weighted by molar-refractivity contribution is 6.06. The van der Waals surface area contributed by atoms with Crippen molar-refractivity contribution in [2.75, 3.05) is 10.6 Å². The molecule has 5 rings (SSSR count). The molecule has 178 valence electrons. The Balaban J connectivity index is 1.24. The van der Waals surface area contributed by atoms with Crippen LogP contribution in [0.2, 0.25) is 0 Å². The SMILES string of the molecule is O=C(Nc1cccc(Cn2ccnc2)c1)c1cccc(C(=O)Nc2cccc(Cn3ccnc3)c2)n1. The van der Waals surface area contributed by atoms with Crippen LogP contribution >= 0.6 is 0 Å². The van der Waals surface area contributed by atoms with E-state index in [-0.39, 0.29) is 11.4 Å². The highest BCUT2D eigenvalue weighted by atomic mass is 16.2. The lowest BCUT2D eigenvalue weighted by molar-refractivity contribution is 0.101. The van der Waals surface area contributed by atoms with Crippen molar-refractivity contribution < 1.29 is 9.59 Å². The van der Waals surface area contributed by atoms with Gasteiger partial charge in [-0.3, -0.25) is 9.59 Å². The standard InChI is InChI=1S/C27H23N7O2/c35-26(30-22-6-1-4-20(14-22)16-33-12-10-28-18-33)24-8-3-9-25(32-24)27(36)31-23-7-2-5-21(15-23)17-34-13-11-29-19-34/h1-15,18-19H,16-17H2,(H,30,35)(H,31,36). The van der Waals surface area contributed by atoms with Crippen LogP contribution < -0.4 is 10.6 Å². The molecule has 3 heterocycles. The van der Waals surface area contributed by atoms with Crippen molar-refractivity contribution in [3.8, 4) is 0 Å². The third-order valence-corrected chi connectivity index (χ3v) is 5.43. The predicted octanol–water partition coefficient (Wildman–Crippen LogP) is 4.08. The van der Waals surface area contributed by atoms with E-state index in [9.17, 15) is 9.59 Å². The van der Waals surface area contributed by atoms with Crippen molar-refractivity contribution in [3.63, 3.8) is 0 Å². The summed E-state index contributed by atoms with van der Waals surface area (Å²) in [5.74, 6) is -0.793. The lowest BCUT2D eigenvalue weighted by Crippen LogP contribution is -2.18. The molecule has 2 aromatic carbocycles. The molecule has 3 aromatic heterocycles. The highest BCUT2D eigenvalue weighted by Gasteiger charge is 2.13. The topological polar surface area (TPSA) is 107 Å². The van der Waals surface area contributed by atoms with E-state index in [1.165, 1.54) is 0 Å². The third-order valence-electron chi connectivity index (χ3n) is 5.43. The van der Waals surface area contributed by atoms with Gasteiger partial charge in [0.15, 0.2) is 0 Å². The van der Waals surface area contributed by atoms with Gasteiger partial charge in [-0.2, -0.15) is 0 Å². The van der Waals surface area contributed by atoms with Crippen molar-refractivity contribution in [1.29, 1.82) is 0 Å². The lowest BCUT2D eigenvalue weighted by atomic mass is 10.2. The van der Waals surface area contributed by atoms with Gasteiger partial charge >= 0.3 is 0 Å². The summed E-state index contributed by atoms with van der Waals surface area (Å²) in [6, 6.07) is 19.9. The fourth-order valence-electron chi connectivity index (χ4n) is 3.75. The van der Waals surface area contributed by atoms with E-state index < -0.39 is 11.8 Å². The number of pyridine rings is 1. The number of nitrogens with one attached hydrogen (secondary N) is 2. The minimum Gasteiger partial charge on any atom is -0.333 e. The van der Waals surface area contributed by atoms with Crippen LogP contribution in [0.1, 0.15) is 32.1 Å². The van der Waals surface area contributed by atoms with Gasteiger partial charge in [0.2, 0.25) is 0 Å². The zero-order valence-electron chi connectivity index (χ0n) is 19.3. The van der Waals surface area contributed by atoms with Crippen LogP contribution in [0, 0.1) is 0 Å². The van der Waals surface area contributed by atoms with E-state index in [0.29, 0.717) is 24.5 Å². The smallest absolute Gasteiger partial charge is 0.274 e. The molecule has 36 heavy (non-hydrogen) atoms. The molecule has 0 aliphatic heterocycles. The molecule has 0 saturated heterocycles. The van der Waals surface area contributed by atoms with Gasteiger partial charge in [-0.1, -0.05) is 30.3 Å². The molecule has 5 aromatic rings. The summed E-state index contributed by atoms with van der Waals surface area (Å²) in [7, 11) is 0. The van der Waals surface area contributed by atoms with Crippen LogP contribution in [0.25, 0.3) is 0 Å². The summed E-state index contributed by atoms with van der Waals surface area (Å²) in [4.78, 5) is 38.1. The van der Waals surface area contributed by atoms with Crippen LogP contribution in [0.3, 0.4) is 0 Å². The first-order chi connectivity index (χ1) is 17.6. The number of carbonyl (C=O) groups is 2. The van der Waals surface area contributed by atoms with Crippen molar-refractivity contribution >= 4 is 23.2 Å². The second kappa shape index (κ2) is 10.5. The third kappa shape index (κ3) is 5.71. The molecule has 0 spiro atoms. The zero-order valence-corrected chi connectivity index (χ0v) is 19.3. The van der Waals surface area contributed by atoms with Crippen molar-refractivity contribution in [2.45, 2.75) is 13.1 Å². The first-order valence-electron chi connectivity index (χ1n) is 11.3. The average molecular weight is 478 g/mol. The Hall–Kier alpha value is -5.05. The van der Waals surface area contributed by atoms with Crippen LogP contribution in [0.15, 0.2) is 104 Å². The number of nitrogens with zero attached hydrogens (tertiary/aromatic N) is 5. The summed E-state index contributed by atoms with van der Waals surface area (Å²) in [6.45, 7) is 1.28. The van der Waals surface area contributed by atoms with E-state index in [1.807, 2.05) is 70.1 Å². The number of amides is 2. The molecule has 2 amide bonds. The van der Waals surface area contributed by atoms with E-state index >= 15 is 0 Å². The summed E-state index contributed by atoms with van der Waals surface area (Å²) < 4.78 is 3.88. The predicted molar refractivity (Wildman–Crippen MR) is 136 cm³/mol. The molecule has 0 aliphatic carbocycles. The Morgan fingerprint density at radius 1 is 0.667 bits per heavy atom. The van der Waals surface area contributed by atoms with Crippen LogP contribution in [0.5, 0.6) is 0 Å². The second-order valence-corrected chi connectivity index (χ2v) is 8.19. The van der Waals surface area contributed by atoms with Gasteiger partial charge < -0.3 is 19.8 Å². The summed E-state index contributed by atoms with van der Waals surface area (Å²) in [5.41, 5.74) is 3.62. The summed E-state index contributed by atoms with van der Waals surface area (Å²) >= 11 is 0. The molecular formula is C27H23N7O2. The molecule has 2 N–H and O–H groups in total. The first kappa shape index (κ1) is 22.7. The van der Waals surface area contributed by atoms with Crippen molar-refractivity contribution in [2.24, 2.45) is 0 Å². The highest BCUT2D eigenvalue weighted by Crippen LogP contribution is 2.15. The molecule has 0 unspecified atom stereocenters. The Labute approximate surface area is 207 Å². The van der Waals surface area contributed by atoms with E-state index in [1.54, 1.807) is 43.2 Å². The number of hydrogen-bond donors (Lipinski definition) is 2. The molecule has 0 saturated carbocycles. The van der Waals surface area contributed by atoms with Crippen LogP contribution in [0.4, 0.5) is 11.4 Å². The van der Waals surface area contributed by atoms with Crippen molar-refractivity contribution in [3.05, 3.63) is 127 Å². The van der Waals surface area contributed by atoms with Crippen LogP contribution in [-0.2, 0) is 13.1 Å². The maximum absolute atomic E-state index is 12.8. The van der Waals surface area contributed by atoms with Gasteiger partial charge in [0.1, 0.15) is 11.4 Å². The molecule has 9 heteroatoms. The monoisotopic (exact) mass is 477 g/mol. The maximum atomic E-state index is 12.8. The molecule has 0 aliphatic rings. The first-order valence-corrected chi connectivity index (χ1v) is 11.3. The normalized spacial score (nSPS) is 10.7. The number of imidazole rings is 2. The molecule has 0 fully saturated rings. The number of rotatable bonds is 8. The molecule has 0 radical (unpaired) electrons. The summed E-state index contributed by atoms with van der Waals surface area (Å²) in [5, 5.41) is 5.71. The Bertz CT molecular complexity index is 1370. The number of carbonyl (C=O) groups excluding carboxylic acids is 2. The van der Waals surface area contributed by atoms with E-state index in [0.717, 1.165) is 11.1 Å². The van der Waals surface area contributed by atoms with Gasteiger partial charge in [0, 0.05) is 49.3 Å². The number of aromatic nitrogens is 5. The van der Waals surface area contributed by atoms with Gasteiger partial charge in [0.05, 0.1) is 12.7 Å². The van der Waals surface area contributed by atoms with Crippen molar-refractivity contribution in [1.82, 2.24) is 24.1 Å². The van der Waals surface area contributed by atoms with Crippen LogP contribution in [-0.4, -0.2) is 35.9 Å². The molecule has 0 bridgehead atoms. The largest absolute Gasteiger partial charge is 0.333 e. The minimum absolute atomic E-state index is 0.150. The van der Waals surface area contributed by atoms with Gasteiger partial charge in [-0.15, -0.1) is 0 Å². The lowest BCUT2D eigenvalue weighted by Gasteiger charge is -2.10. The maximum Gasteiger partial charge on any atom is 0.274 e. The fourth-order valence-corrected chi connectivity index (χ4v) is 3.75. The Morgan fingerprint density at radius 3 is 1.58 bits per heavy atom. The molecule has 0 atom stereocenters. The number of hydrogen-bond acceptors (Lipinski definition) is 5. The van der Waals surface area contributed by atoms with Gasteiger partial charge in [-0.05, 0) is 47.5 Å². The average Bonchev–Trinajstić information content (AvgIpc) is 3.59. The molecule has 9 nitrogen and oxygen atoms in total. The number of benzene rings is 2. The quantitative estimate of drug-likeness (QED) is 0.350. The Kier molecular flexibility index (Phi) is 6.61. The summed E-state index contributed by atoms with van der Waals surface area (Å²) in [6.07, 6.45) is 10.7. The number of anilines is 2. The zero-order chi connectivity index (χ0) is 24.7. The van der Waals surface area contributed by atoms with E-state index in [4.69, 9.17) is 0 Å². The Morgan fingerprint density at radius 2 is 1.14 bits per heavy atom. The van der Waals surface area contributed by atoms with E-state index in [2.05, 4.69) is 25.6 Å². The fraction of sp³-hybridized carbons (Fsp3) is 0.0741. The van der Waals surface area contributed by atoms with Gasteiger partial charge in [0.25, 0.3) is 11.8 Å². The minimum atomic E-state index is -0.397.